The summed E-state index contributed by atoms with van der Waals surface area (Å²) in [7, 11) is 0. The zero-order valence-corrected chi connectivity index (χ0v) is 15.0. The molecular weight excluding hydrogens is 392 g/mol. The number of hydrogen-bond donors (Lipinski definition) is 0. The summed E-state index contributed by atoms with van der Waals surface area (Å²) in [5, 5.41) is 10.1. The topological polar surface area (TPSA) is 36.1 Å². The van der Waals surface area contributed by atoms with Gasteiger partial charge in [-0.1, -0.05) is 64.0 Å². The Labute approximate surface area is 153 Å². The Morgan fingerprint density at radius 3 is 2.26 bits per heavy atom. The Morgan fingerprint density at radius 2 is 1.65 bits per heavy atom. The van der Waals surface area contributed by atoms with Crippen molar-refractivity contribution in [2.24, 2.45) is 10.9 Å². The zero-order chi connectivity index (χ0) is 16.4. The first kappa shape index (κ1) is 16.1. The summed E-state index contributed by atoms with van der Waals surface area (Å²) in [5.74, 6) is -0.523. The summed E-state index contributed by atoms with van der Waals surface area (Å²) >= 11 is 14.7. The maximum absolute atomic E-state index is 9.46. The highest BCUT2D eigenvalue weighted by Crippen LogP contribution is 2.30. The standard InChI is InChI=1S/C18H10BrClN2S/c19-13-5-1-12(2-6-13)17-9-15(16(10-21)18(23)22-17)11-3-7-14(20)8-4-11/h1-9,16H/t16-/m1/s1. The Balaban J connectivity index is 2.09. The molecule has 1 atom stereocenters. The maximum atomic E-state index is 9.46. The van der Waals surface area contributed by atoms with Crippen LogP contribution < -0.4 is 0 Å². The van der Waals surface area contributed by atoms with Crippen molar-refractivity contribution in [1.29, 1.82) is 5.26 Å². The van der Waals surface area contributed by atoms with Crippen molar-refractivity contribution in [3.05, 3.63) is 75.2 Å². The van der Waals surface area contributed by atoms with Gasteiger partial charge in [0.2, 0.25) is 0 Å². The Hall–Kier alpha value is -1.80. The minimum absolute atomic E-state index is 0.387. The number of benzene rings is 2. The molecular formula is C18H10BrClN2S. The van der Waals surface area contributed by atoms with E-state index < -0.39 is 5.92 Å². The lowest BCUT2D eigenvalue weighted by molar-refractivity contribution is 1.16. The summed E-state index contributed by atoms with van der Waals surface area (Å²) in [4.78, 5) is 4.82. The number of dihydropyridines is 1. The van der Waals surface area contributed by atoms with E-state index in [-0.39, 0.29) is 0 Å². The first-order chi connectivity index (χ1) is 11.1. The number of halogens is 2. The van der Waals surface area contributed by atoms with Crippen molar-refractivity contribution in [3.8, 4) is 6.07 Å². The predicted octanol–water partition coefficient (Wildman–Crippen LogP) is 5.46. The minimum atomic E-state index is -0.523. The molecule has 3 rings (SSSR count). The molecule has 0 saturated carbocycles. The van der Waals surface area contributed by atoms with Crippen LogP contribution in [-0.4, -0.2) is 10.7 Å². The third-order valence-corrected chi connectivity index (χ3v) is 4.64. The molecule has 0 fully saturated rings. The molecule has 0 spiro atoms. The number of thiocarbonyl (C=S) groups is 1. The highest BCUT2D eigenvalue weighted by Gasteiger charge is 2.25. The second-order valence-electron chi connectivity index (χ2n) is 5.01. The Bertz CT molecular complexity index is 861. The number of rotatable bonds is 2. The molecule has 2 aromatic carbocycles. The Kier molecular flexibility index (Phi) is 4.72. The van der Waals surface area contributed by atoms with Crippen molar-refractivity contribution in [2.45, 2.75) is 0 Å². The van der Waals surface area contributed by atoms with E-state index in [0.717, 1.165) is 26.9 Å². The van der Waals surface area contributed by atoms with E-state index in [0.29, 0.717) is 10.0 Å². The van der Waals surface area contributed by atoms with Crippen LogP contribution in [0.4, 0.5) is 0 Å². The molecule has 0 aromatic heterocycles. The highest BCUT2D eigenvalue weighted by molar-refractivity contribution is 9.10. The zero-order valence-electron chi connectivity index (χ0n) is 11.8. The third kappa shape index (κ3) is 3.42. The summed E-state index contributed by atoms with van der Waals surface area (Å²) in [6.07, 6.45) is 1.93. The van der Waals surface area contributed by atoms with Crippen LogP contribution in [0.15, 0.2) is 64.1 Å². The van der Waals surface area contributed by atoms with Crippen LogP contribution in [0.5, 0.6) is 0 Å². The lowest BCUT2D eigenvalue weighted by Crippen LogP contribution is -2.19. The van der Waals surface area contributed by atoms with Crippen LogP contribution >= 0.6 is 39.7 Å². The van der Waals surface area contributed by atoms with Gasteiger partial charge in [-0.3, -0.25) is 0 Å². The molecule has 23 heavy (non-hydrogen) atoms. The normalized spacial score (nSPS) is 17.3. The molecule has 2 aromatic rings. The van der Waals surface area contributed by atoms with Gasteiger partial charge in [0, 0.05) is 15.1 Å². The molecule has 0 unspecified atom stereocenters. The van der Waals surface area contributed by atoms with Crippen LogP contribution in [0.25, 0.3) is 5.57 Å². The van der Waals surface area contributed by atoms with Gasteiger partial charge in [-0.15, -0.1) is 0 Å². The van der Waals surface area contributed by atoms with Crippen LogP contribution in [0.2, 0.25) is 5.02 Å². The fourth-order valence-corrected chi connectivity index (χ4v) is 3.03. The molecule has 1 aliphatic rings. The molecule has 0 N–H and O–H groups in total. The van der Waals surface area contributed by atoms with Gasteiger partial charge in [0.15, 0.2) is 0 Å². The average molecular weight is 402 g/mol. The number of nitrogens with zero attached hydrogens (tertiary/aromatic N) is 2. The van der Waals surface area contributed by atoms with Gasteiger partial charge in [0.25, 0.3) is 0 Å². The van der Waals surface area contributed by atoms with E-state index in [4.69, 9.17) is 23.8 Å². The minimum Gasteiger partial charge on any atom is -0.239 e. The second kappa shape index (κ2) is 6.76. The SMILES string of the molecule is N#C[C@H]1C(=S)N=C(c2ccc(Br)cc2)C=C1c1ccc(Cl)cc1. The number of aliphatic imine (C=N–C) groups is 1. The molecule has 1 aliphatic heterocycles. The lowest BCUT2D eigenvalue weighted by atomic mass is 9.89. The fraction of sp³-hybridized carbons (Fsp3) is 0.0556. The van der Waals surface area contributed by atoms with E-state index in [1.54, 1.807) is 12.1 Å². The van der Waals surface area contributed by atoms with Gasteiger partial charge in [0.05, 0.1) is 11.8 Å². The first-order valence-corrected chi connectivity index (χ1v) is 8.42. The van der Waals surface area contributed by atoms with Gasteiger partial charge < -0.3 is 0 Å². The third-order valence-electron chi connectivity index (χ3n) is 3.53. The van der Waals surface area contributed by atoms with Gasteiger partial charge >= 0.3 is 0 Å². The lowest BCUT2D eigenvalue weighted by Gasteiger charge is -2.19. The summed E-state index contributed by atoms with van der Waals surface area (Å²) in [5.41, 5.74) is 3.49. The van der Waals surface area contributed by atoms with Crippen LogP contribution in [0, 0.1) is 17.2 Å². The molecule has 1 heterocycles. The van der Waals surface area contributed by atoms with Gasteiger partial charge in [-0.05, 0) is 41.5 Å². The largest absolute Gasteiger partial charge is 0.239 e. The number of nitriles is 1. The van der Waals surface area contributed by atoms with E-state index in [1.165, 1.54) is 0 Å². The average Bonchev–Trinajstić information content (AvgIpc) is 2.55. The Morgan fingerprint density at radius 1 is 1.04 bits per heavy atom. The fourth-order valence-electron chi connectivity index (χ4n) is 2.36. The van der Waals surface area contributed by atoms with Gasteiger partial charge in [0.1, 0.15) is 10.9 Å². The summed E-state index contributed by atoms with van der Waals surface area (Å²) in [6, 6.07) is 17.5. The van der Waals surface area contributed by atoms with Gasteiger partial charge in [-0.25, -0.2) is 4.99 Å². The first-order valence-electron chi connectivity index (χ1n) is 6.84. The predicted molar refractivity (Wildman–Crippen MR) is 102 cm³/mol. The summed E-state index contributed by atoms with van der Waals surface area (Å²) in [6.45, 7) is 0. The highest BCUT2D eigenvalue weighted by atomic mass is 79.9. The van der Waals surface area contributed by atoms with E-state index in [9.17, 15) is 5.26 Å². The van der Waals surface area contributed by atoms with Crippen molar-refractivity contribution in [1.82, 2.24) is 0 Å². The van der Waals surface area contributed by atoms with Crippen LogP contribution in [-0.2, 0) is 0 Å². The molecule has 112 valence electrons. The van der Waals surface area contributed by atoms with Gasteiger partial charge in [-0.2, -0.15) is 5.26 Å². The van der Waals surface area contributed by atoms with E-state index in [2.05, 4.69) is 27.0 Å². The monoisotopic (exact) mass is 400 g/mol. The van der Waals surface area contributed by atoms with Crippen LogP contribution in [0.1, 0.15) is 11.1 Å². The quantitative estimate of drug-likeness (QED) is 0.627. The van der Waals surface area contributed by atoms with Crippen molar-refractivity contribution in [2.75, 3.05) is 0 Å². The van der Waals surface area contributed by atoms with Crippen LogP contribution in [0.3, 0.4) is 0 Å². The number of allylic oxidation sites excluding steroid dienone is 1. The van der Waals surface area contributed by atoms with Crippen molar-refractivity contribution in [3.63, 3.8) is 0 Å². The maximum Gasteiger partial charge on any atom is 0.125 e. The second-order valence-corrected chi connectivity index (χ2v) is 6.78. The smallest absolute Gasteiger partial charge is 0.125 e. The van der Waals surface area contributed by atoms with E-state index in [1.807, 2.05) is 42.5 Å². The molecule has 5 heteroatoms. The van der Waals surface area contributed by atoms with Crippen molar-refractivity contribution >= 4 is 56.0 Å². The molecule has 0 radical (unpaired) electrons. The molecule has 0 saturated heterocycles. The van der Waals surface area contributed by atoms with E-state index >= 15 is 0 Å². The molecule has 0 amide bonds. The molecule has 0 bridgehead atoms. The molecule has 2 nitrogen and oxygen atoms in total. The number of hydrogen-bond acceptors (Lipinski definition) is 2. The van der Waals surface area contributed by atoms with Crippen molar-refractivity contribution < 1.29 is 0 Å². The summed E-state index contributed by atoms with van der Waals surface area (Å²) < 4.78 is 0.997. The molecule has 0 aliphatic carbocycles.